The summed E-state index contributed by atoms with van der Waals surface area (Å²) in [6, 6.07) is 2.87. The van der Waals surface area contributed by atoms with Crippen LogP contribution in [0.2, 0.25) is 0 Å². The van der Waals surface area contributed by atoms with E-state index in [1.165, 1.54) is 12.1 Å². The van der Waals surface area contributed by atoms with Crippen molar-refractivity contribution in [2.24, 2.45) is 10.2 Å². The number of ether oxygens (including phenoxy) is 1. The number of sulfonamides is 1. The van der Waals surface area contributed by atoms with Crippen molar-refractivity contribution in [2.45, 2.75) is 63.5 Å². The minimum atomic E-state index is -5.69. The van der Waals surface area contributed by atoms with Crippen molar-refractivity contribution in [2.75, 3.05) is 22.7 Å². The first-order chi connectivity index (χ1) is 17.1. The van der Waals surface area contributed by atoms with E-state index in [4.69, 9.17) is 4.74 Å². The number of azo groups is 1. The number of alkyl halides is 3. The van der Waals surface area contributed by atoms with E-state index in [0.29, 0.717) is 25.2 Å². The molecule has 2 heterocycles. The Morgan fingerprint density at radius 1 is 1.22 bits per heavy atom. The molecule has 1 aliphatic carbocycles. The molecule has 0 radical (unpaired) electrons. The molecule has 0 spiro atoms. The highest BCUT2D eigenvalue weighted by molar-refractivity contribution is 7.93. The fraction of sp³-hybridized carbons (Fsp3) is 0.571. The van der Waals surface area contributed by atoms with Gasteiger partial charge in [0.25, 0.3) is 5.13 Å². The van der Waals surface area contributed by atoms with E-state index >= 15 is 0 Å². The van der Waals surface area contributed by atoms with Gasteiger partial charge in [-0.3, -0.25) is 4.72 Å². The molecule has 2 aromatic rings. The first kappa shape index (κ1) is 26.3. The summed E-state index contributed by atoms with van der Waals surface area (Å²) in [6.45, 7) is 3.35. The number of halogens is 3. The van der Waals surface area contributed by atoms with Crippen LogP contribution in [0.1, 0.15) is 60.8 Å². The second-order valence-corrected chi connectivity index (χ2v) is 11.2. The Labute approximate surface area is 210 Å². The summed E-state index contributed by atoms with van der Waals surface area (Å²) in [7, 11) is -5.69. The Morgan fingerprint density at radius 2 is 1.97 bits per heavy atom. The maximum Gasteiger partial charge on any atom is 0.516 e. The van der Waals surface area contributed by atoms with E-state index in [1.54, 1.807) is 4.72 Å². The molecule has 36 heavy (non-hydrogen) atoms. The number of carbonyl (C=O) groups is 1. The highest BCUT2D eigenvalue weighted by Gasteiger charge is 2.46. The molecular weight excluding hydrogens is 521 g/mol. The number of benzene rings is 1. The lowest BCUT2D eigenvalue weighted by molar-refractivity contribution is -0.0429. The molecule has 0 amide bonds. The van der Waals surface area contributed by atoms with Gasteiger partial charge in [-0.25, -0.2) is 4.79 Å². The topological polar surface area (TPSA) is 126 Å². The number of fused-ring (bicyclic) bond motifs is 1. The predicted molar refractivity (Wildman–Crippen MR) is 128 cm³/mol. The van der Waals surface area contributed by atoms with Crippen molar-refractivity contribution in [3.63, 3.8) is 0 Å². The van der Waals surface area contributed by atoms with Crippen LogP contribution in [-0.2, 0) is 21.2 Å². The number of nitrogens with zero attached hydrogens (tertiary/aromatic N) is 5. The summed E-state index contributed by atoms with van der Waals surface area (Å²) in [4.78, 5) is 14.3. The van der Waals surface area contributed by atoms with Crippen molar-refractivity contribution >= 4 is 49.5 Å². The van der Waals surface area contributed by atoms with Gasteiger partial charge in [0.1, 0.15) is 11.8 Å². The SMILES string of the molecule is CCCN1CCCc2cc(N=Nc3nnc(C(=O)OC4CCCC4)s3)c(NS(=O)(=O)C(F)(F)F)cc21. The highest BCUT2D eigenvalue weighted by Crippen LogP contribution is 2.39. The van der Waals surface area contributed by atoms with Crippen LogP contribution in [0.15, 0.2) is 22.4 Å². The summed E-state index contributed by atoms with van der Waals surface area (Å²) in [5, 5.41) is 15.4. The Balaban J connectivity index is 1.62. The van der Waals surface area contributed by atoms with Gasteiger partial charge in [0.05, 0.1) is 5.69 Å². The highest BCUT2D eigenvalue weighted by atomic mass is 32.2. The summed E-state index contributed by atoms with van der Waals surface area (Å²) >= 11 is 0.819. The number of hydrogen-bond donors (Lipinski definition) is 1. The molecular formula is C21H25F3N6O4S2. The second-order valence-electron chi connectivity index (χ2n) is 8.54. The summed E-state index contributed by atoms with van der Waals surface area (Å²) in [5.74, 6) is -0.621. The maximum atomic E-state index is 13.1. The van der Waals surface area contributed by atoms with E-state index < -0.39 is 21.5 Å². The fourth-order valence-corrected chi connectivity index (χ4v) is 5.33. The van der Waals surface area contributed by atoms with Crippen LogP contribution in [0.4, 0.5) is 35.4 Å². The van der Waals surface area contributed by atoms with Gasteiger partial charge in [-0.1, -0.05) is 18.3 Å². The molecule has 1 aromatic heterocycles. The second kappa shape index (κ2) is 10.7. The molecule has 0 saturated heterocycles. The molecule has 0 atom stereocenters. The largest absolute Gasteiger partial charge is 0.516 e. The average Bonchev–Trinajstić information content (AvgIpc) is 3.49. The monoisotopic (exact) mass is 546 g/mol. The quantitative estimate of drug-likeness (QED) is 0.343. The van der Waals surface area contributed by atoms with Crippen LogP contribution < -0.4 is 9.62 Å². The summed E-state index contributed by atoms with van der Waals surface area (Å²) < 4.78 is 69.9. The third-order valence-corrected chi connectivity index (χ3v) is 7.75. The molecule has 1 N–H and O–H groups in total. The minimum absolute atomic E-state index is 0.0190. The molecule has 0 unspecified atom stereocenters. The van der Waals surface area contributed by atoms with Crippen LogP contribution in [0.3, 0.4) is 0 Å². The van der Waals surface area contributed by atoms with Crippen molar-refractivity contribution in [1.29, 1.82) is 0 Å². The summed E-state index contributed by atoms with van der Waals surface area (Å²) in [6.07, 6.45) is 5.71. The Bertz CT molecular complexity index is 1240. The molecule has 1 saturated carbocycles. The van der Waals surface area contributed by atoms with E-state index in [1.807, 2.05) is 11.8 Å². The molecule has 15 heteroatoms. The number of carbonyl (C=O) groups excluding carboxylic acids is 1. The molecule has 1 fully saturated rings. The lowest BCUT2D eigenvalue weighted by atomic mass is 10.00. The van der Waals surface area contributed by atoms with Crippen molar-refractivity contribution < 1.29 is 31.1 Å². The van der Waals surface area contributed by atoms with Crippen LogP contribution in [0.25, 0.3) is 0 Å². The molecule has 4 rings (SSSR count). The smallest absolute Gasteiger partial charge is 0.457 e. The van der Waals surface area contributed by atoms with Gasteiger partial charge in [-0.15, -0.1) is 20.4 Å². The first-order valence-electron chi connectivity index (χ1n) is 11.5. The van der Waals surface area contributed by atoms with Crippen molar-refractivity contribution in [3.05, 3.63) is 22.7 Å². The lowest BCUT2D eigenvalue weighted by Crippen LogP contribution is -2.31. The number of esters is 1. The van der Waals surface area contributed by atoms with Gasteiger partial charge < -0.3 is 9.64 Å². The van der Waals surface area contributed by atoms with Crippen LogP contribution in [0.5, 0.6) is 0 Å². The van der Waals surface area contributed by atoms with E-state index in [-0.39, 0.29) is 27.6 Å². The van der Waals surface area contributed by atoms with E-state index in [9.17, 15) is 26.4 Å². The van der Waals surface area contributed by atoms with E-state index in [2.05, 4.69) is 20.4 Å². The minimum Gasteiger partial charge on any atom is -0.457 e. The molecule has 1 aliphatic heterocycles. The predicted octanol–water partition coefficient (Wildman–Crippen LogP) is 5.48. The Hall–Kier alpha value is -2.81. The standard InChI is InChI=1S/C21H25F3N6O4S2/c1-2-9-30-10-5-6-13-11-15(16(12-17(13)30)29-36(32,33)21(22,23)24)25-27-20-28-26-18(35-20)19(31)34-14-7-3-4-8-14/h11-12,14,29H,2-10H2,1H3. The zero-order valence-electron chi connectivity index (χ0n) is 19.4. The third kappa shape index (κ3) is 5.94. The molecule has 1 aromatic carbocycles. The van der Waals surface area contributed by atoms with Gasteiger partial charge in [-0.2, -0.15) is 21.6 Å². The number of nitrogens with one attached hydrogen (secondary N) is 1. The number of rotatable bonds is 8. The van der Waals surface area contributed by atoms with Crippen molar-refractivity contribution in [3.8, 4) is 0 Å². The van der Waals surface area contributed by atoms with Gasteiger partial charge >= 0.3 is 21.5 Å². The Kier molecular flexibility index (Phi) is 7.78. The van der Waals surface area contributed by atoms with Crippen molar-refractivity contribution in [1.82, 2.24) is 10.2 Å². The number of aryl methyl sites for hydroxylation is 1. The zero-order chi connectivity index (χ0) is 25.9. The van der Waals surface area contributed by atoms with Crippen LogP contribution in [0, 0.1) is 0 Å². The fourth-order valence-electron chi connectivity index (χ4n) is 4.21. The number of aromatic nitrogens is 2. The Morgan fingerprint density at radius 3 is 2.67 bits per heavy atom. The zero-order valence-corrected chi connectivity index (χ0v) is 21.0. The maximum absolute atomic E-state index is 13.1. The van der Waals surface area contributed by atoms with E-state index in [0.717, 1.165) is 55.4 Å². The van der Waals surface area contributed by atoms with Gasteiger partial charge in [0.15, 0.2) is 0 Å². The van der Waals surface area contributed by atoms with Gasteiger partial charge in [0.2, 0.25) is 5.01 Å². The third-order valence-electron chi connectivity index (χ3n) is 5.86. The van der Waals surface area contributed by atoms with Crippen LogP contribution in [-0.4, -0.2) is 49.3 Å². The average molecular weight is 547 g/mol. The first-order valence-corrected chi connectivity index (χ1v) is 13.8. The van der Waals surface area contributed by atoms with Gasteiger partial charge in [0, 0.05) is 18.8 Å². The van der Waals surface area contributed by atoms with Gasteiger partial charge in [-0.05, 0) is 62.6 Å². The normalized spacial score (nSPS) is 16.9. The lowest BCUT2D eigenvalue weighted by Gasteiger charge is -2.32. The number of hydrogen-bond acceptors (Lipinski definition) is 10. The van der Waals surface area contributed by atoms with Crippen LogP contribution >= 0.6 is 11.3 Å². The molecule has 196 valence electrons. The molecule has 2 aliphatic rings. The number of anilines is 2. The molecule has 10 nitrogen and oxygen atoms in total. The molecule has 0 bridgehead atoms. The summed E-state index contributed by atoms with van der Waals surface area (Å²) in [5.41, 5.74) is -4.51.